The summed E-state index contributed by atoms with van der Waals surface area (Å²) in [7, 11) is -4.77. The van der Waals surface area contributed by atoms with Gasteiger partial charge in [0.25, 0.3) is 0 Å². The van der Waals surface area contributed by atoms with Gasteiger partial charge in [-0.05, 0) is 18.5 Å². The first-order chi connectivity index (χ1) is 8.97. The molecule has 19 heavy (non-hydrogen) atoms. The zero-order valence-electron chi connectivity index (χ0n) is 12.3. The van der Waals surface area contributed by atoms with Gasteiger partial charge in [-0.3, -0.25) is 3.97 Å². The summed E-state index contributed by atoms with van der Waals surface area (Å²) in [5.41, 5.74) is 0. The molecule has 0 rings (SSSR count). The van der Waals surface area contributed by atoms with Crippen LogP contribution in [0.25, 0.3) is 0 Å². The third kappa shape index (κ3) is 28.1. The maximum absolute atomic E-state index is 10.0. The quantitative estimate of drug-likeness (QED) is 0.243. The van der Waals surface area contributed by atoms with Crippen LogP contribution in [-0.4, -0.2) is 5.75 Å². The normalized spacial score (nSPS) is 11.1. The first kappa shape index (κ1) is 22.4. The van der Waals surface area contributed by atoms with Crippen molar-refractivity contribution in [2.45, 2.75) is 70.2 Å². The van der Waals surface area contributed by atoms with Crippen molar-refractivity contribution < 1.29 is 36.6 Å². The Bertz CT molecular complexity index is 212. The number of hydrogen-bond donors (Lipinski definition) is 0. The van der Waals surface area contributed by atoms with E-state index in [2.05, 4.69) is 17.8 Å². The Labute approximate surface area is 132 Å². The van der Waals surface area contributed by atoms with Crippen LogP contribution in [0, 0.1) is 0 Å². The average Bonchev–Trinajstić information content (AvgIpc) is 2.33. The molecule has 0 radical (unpaired) electrons. The maximum atomic E-state index is 10.0. The number of phosphoric acid groups is 1. The standard InChI is InChI=1S/C8H19O4PS.C4H9.Zn/c1-2-3-4-5-6-7-8-14-12-13(9,10)11;1-3-4-2;/h2-8H2,1H3,(H2,9,10,11);1,3-4H2,2H3;/q;;+2/p-2. The summed E-state index contributed by atoms with van der Waals surface area (Å²) in [5, 5.41) is 1.47. The topological polar surface area (TPSA) is 72.4 Å². The van der Waals surface area contributed by atoms with Crippen LogP contribution in [0.5, 0.6) is 0 Å². The first-order valence-corrected chi connectivity index (χ1v) is 11.6. The second-order valence-electron chi connectivity index (χ2n) is 4.32. The summed E-state index contributed by atoms with van der Waals surface area (Å²) in [4.78, 5) is 20.1. The molecule has 0 fully saturated rings. The summed E-state index contributed by atoms with van der Waals surface area (Å²) in [6, 6.07) is 0. The van der Waals surface area contributed by atoms with Crippen molar-refractivity contribution in [2.24, 2.45) is 0 Å². The molecule has 0 spiro atoms. The van der Waals surface area contributed by atoms with E-state index in [4.69, 9.17) is 0 Å². The summed E-state index contributed by atoms with van der Waals surface area (Å²) >= 11 is 2.22. The zero-order chi connectivity index (χ0) is 15.0. The fourth-order valence-electron chi connectivity index (χ4n) is 1.29. The van der Waals surface area contributed by atoms with E-state index in [0.717, 1.165) is 24.9 Å². The Morgan fingerprint density at radius 3 is 1.95 bits per heavy atom. The van der Waals surface area contributed by atoms with Crippen LogP contribution < -0.4 is 9.79 Å². The number of rotatable bonds is 11. The molecule has 0 N–H and O–H groups in total. The molecule has 0 saturated heterocycles. The molecule has 0 heterocycles. The molecule has 0 saturated carbocycles. The third-order valence-electron chi connectivity index (χ3n) is 2.33. The van der Waals surface area contributed by atoms with E-state index in [0.29, 0.717) is 5.75 Å². The molecule has 0 aliphatic rings. The van der Waals surface area contributed by atoms with Gasteiger partial charge in [-0.2, -0.15) is 0 Å². The Hall–Kier alpha value is 1.08. The van der Waals surface area contributed by atoms with Gasteiger partial charge in [-0.1, -0.05) is 39.0 Å². The first-order valence-electron chi connectivity index (χ1n) is 7.10. The molecule has 0 atom stereocenters. The van der Waals surface area contributed by atoms with Crippen molar-refractivity contribution in [1.82, 2.24) is 0 Å². The molecular formula is C12H26O4PSZn. The SMILES string of the molecule is CCCCCCCCSOP(=O)([O-])[O-].CCC[CH2][Zn+2]. The minimum absolute atomic E-state index is 0.570. The van der Waals surface area contributed by atoms with E-state index >= 15 is 0 Å². The molecule has 4 nitrogen and oxygen atoms in total. The Balaban J connectivity index is 0. The van der Waals surface area contributed by atoms with Crippen molar-refractivity contribution in [2.75, 3.05) is 5.75 Å². The van der Waals surface area contributed by atoms with Gasteiger partial charge in [-0.25, -0.2) is 0 Å². The predicted molar refractivity (Wildman–Crippen MR) is 74.2 cm³/mol. The number of unbranched alkanes of at least 4 members (excludes halogenated alkanes) is 6. The van der Waals surface area contributed by atoms with E-state index in [-0.39, 0.29) is 0 Å². The molecule has 0 bridgehead atoms. The van der Waals surface area contributed by atoms with Gasteiger partial charge in [0.2, 0.25) is 0 Å². The van der Waals surface area contributed by atoms with E-state index < -0.39 is 7.82 Å². The molecule has 0 aromatic heterocycles. The van der Waals surface area contributed by atoms with E-state index in [9.17, 15) is 14.4 Å². The zero-order valence-corrected chi connectivity index (χ0v) is 16.9. The Morgan fingerprint density at radius 2 is 1.53 bits per heavy atom. The summed E-state index contributed by atoms with van der Waals surface area (Å²) < 4.78 is 14.1. The fraction of sp³-hybridized carbons (Fsp3) is 1.00. The molecule has 0 amide bonds. The van der Waals surface area contributed by atoms with Crippen LogP contribution in [0.3, 0.4) is 0 Å². The second kappa shape index (κ2) is 17.1. The van der Waals surface area contributed by atoms with Gasteiger partial charge >= 0.3 is 43.1 Å². The van der Waals surface area contributed by atoms with Gasteiger partial charge < -0.3 is 14.4 Å². The van der Waals surface area contributed by atoms with E-state index in [1.165, 1.54) is 61.8 Å². The summed E-state index contributed by atoms with van der Waals surface area (Å²) in [5.74, 6) is 0.570. The minimum atomic E-state index is -4.77. The molecular weight excluding hydrogens is 337 g/mol. The molecule has 111 valence electrons. The van der Waals surface area contributed by atoms with Crippen LogP contribution >= 0.6 is 19.9 Å². The van der Waals surface area contributed by atoms with Crippen molar-refractivity contribution >= 4 is 19.9 Å². The van der Waals surface area contributed by atoms with E-state index in [1.807, 2.05) is 0 Å². The van der Waals surface area contributed by atoms with E-state index in [1.54, 1.807) is 0 Å². The molecule has 0 aromatic carbocycles. The van der Waals surface area contributed by atoms with Crippen molar-refractivity contribution in [3.8, 4) is 0 Å². The van der Waals surface area contributed by atoms with Crippen molar-refractivity contribution in [1.29, 1.82) is 0 Å². The van der Waals surface area contributed by atoms with Gasteiger partial charge in [0.1, 0.15) is 0 Å². The predicted octanol–water partition coefficient (Wildman–Crippen LogP) is 3.59. The van der Waals surface area contributed by atoms with Crippen LogP contribution in [-0.2, 0) is 26.8 Å². The number of hydrogen-bond acceptors (Lipinski definition) is 5. The molecule has 0 unspecified atom stereocenters. The van der Waals surface area contributed by atoms with Crippen LogP contribution in [0.4, 0.5) is 0 Å². The Kier molecular flexibility index (Phi) is 20.2. The van der Waals surface area contributed by atoms with Crippen LogP contribution in [0.1, 0.15) is 65.2 Å². The monoisotopic (exact) mass is 361 g/mol. The summed E-state index contributed by atoms with van der Waals surface area (Å²) in [6.07, 6.45) is 9.64. The van der Waals surface area contributed by atoms with Gasteiger partial charge in [0.15, 0.2) is 0 Å². The van der Waals surface area contributed by atoms with Crippen molar-refractivity contribution in [3.63, 3.8) is 0 Å². The molecule has 0 aliphatic carbocycles. The van der Waals surface area contributed by atoms with Crippen LogP contribution in [0.15, 0.2) is 0 Å². The Morgan fingerprint density at radius 1 is 1.00 bits per heavy atom. The second-order valence-corrected chi connectivity index (χ2v) is 7.94. The molecule has 0 aromatic rings. The fourth-order valence-corrected chi connectivity index (χ4v) is 3.48. The average molecular weight is 363 g/mol. The van der Waals surface area contributed by atoms with Crippen molar-refractivity contribution in [3.05, 3.63) is 0 Å². The van der Waals surface area contributed by atoms with Gasteiger partial charge in [0.05, 0.1) is 7.82 Å². The van der Waals surface area contributed by atoms with Gasteiger partial charge in [0, 0.05) is 5.75 Å². The third-order valence-corrected chi connectivity index (χ3v) is 4.99. The molecule has 0 aliphatic heterocycles. The van der Waals surface area contributed by atoms with Gasteiger partial charge in [-0.15, -0.1) is 0 Å². The van der Waals surface area contributed by atoms with Crippen LogP contribution in [0.2, 0.25) is 5.02 Å². The summed E-state index contributed by atoms with van der Waals surface area (Å²) in [6.45, 7) is 4.39. The molecule has 7 heteroatoms.